The largest absolute Gasteiger partial charge is 0.353 e. The highest BCUT2D eigenvalue weighted by Crippen LogP contribution is 2.29. The summed E-state index contributed by atoms with van der Waals surface area (Å²) in [7, 11) is 0. The number of halogens is 1. The van der Waals surface area contributed by atoms with E-state index in [0.717, 1.165) is 54.0 Å². The van der Waals surface area contributed by atoms with Crippen LogP contribution in [-0.4, -0.2) is 46.5 Å². The van der Waals surface area contributed by atoms with E-state index in [4.69, 9.17) is 4.98 Å². The van der Waals surface area contributed by atoms with E-state index in [1.54, 1.807) is 12.1 Å². The summed E-state index contributed by atoms with van der Waals surface area (Å²) >= 11 is 0. The maximum atomic E-state index is 14.5. The van der Waals surface area contributed by atoms with Crippen LogP contribution in [0.15, 0.2) is 36.4 Å². The summed E-state index contributed by atoms with van der Waals surface area (Å²) in [6.45, 7) is 10.0. The Hall–Kier alpha value is -2.73. The van der Waals surface area contributed by atoms with Crippen LogP contribution in [0.25, 0.3) is 11.0 Å². The van der Waals surface area contributed by atoms with Gasteiger partial charge in [-0.2, -0.15) is 0 Å². The third-order valence-corrected chi connectivity index (χ3v) is 6.79. The van der Waals surface area contributed by atoms with Crippen molar-refractivity contribution in [1.29, 1.82) is 0 Å². The molecule has 1 saturated heterocycles. The van der Waals surface area contributed by atoms with E-state index in [9.17, 15) is 9.18 Å². The second-order valence-corrected chi connectivity index (χ2v) is 9.24. The highest BCUT2D eigenvalue weighted by atomic mass is 19.1. The average molecular weight is 451 g/mol. The lowest BCUT2D eigenvalue weighted by molar-refractivity contribution is -0.124. The molecule has 0 unspecified atom stereocenters. The molecule has 0 radical (unpaired) electrons. The number of aryl methyl sites for hydroxylation is 2. The monoisotopic (exact) mass is 450 g/mol. The summed E-state index contributed by atoms with van der Waals surface area (Å²) in [5.74, 6) is 0.502. The summed E-state index contributed by atoms with van der Waals surface area (Å²) in [5.41, 5.74) is 4.71. The molecule has 0 spiro atoms. The van der Waals surface area contributed by atoms with Crippen LogP contribution in [0, 0.1) is 19.7 Å². The van der Waals surface area contributed by atoms with Crippen LogP contribution in [0.1, 0.15) is 61.2 Å². The normalized spacial score (nSPS) is 15.3. The Labute approximate surface area is 196 Å². The van der Waals surface area contributed by atoms with Crippen molar-refractivity contribution < 1.29 is 9.18 Å². The minimum atomic E-state index is -0.373. The van der Waals surface area contributed by atoms with E-state index in [1.807, 2.05) is 6.07 Å². The molecule has 1 amide bonds. The Bertz CT molecular complexity index is 1120. The predicted octanol–water partition coefficient (Wildman–Crippen LogP) is 4.94. The molecule has 33 heavy (non-hydrogen) atoms. The van der Waals surface area contributed by atoms with Crippen LogP contribution < -0.4 is 5.32 Å². The number of fused-ring (bicyclic) bond motifs is 1. The quantitative estimate of drug-likeness (QED) is 0.503. The van der Waals surface area contributed by atoms with Gasteiger partial charge in [-0.05, 0) is 81.1 Å². The zero-order valence-corrected chi connectivity index (χ0v) is 20.0. The van der Waals surface area contributed by atoms with Gasteiger partial charge in [-0.25, -0.2) is 9.37 Å². The second kappa shape index (κ2) is 10.5. The Balaban J connectivity index is 1.68. The van der Waals surface area contributed by atoms with Crippen LogP contribution in [0.4, 0.5) is 4.39 Å². The van der Waals surface area contributed by atoms with Gasteiger partial charge in [0.15, 0.2) is 0 Å². The molecule has 3 aromatic rings. The minimum absolute atomic E-state index is 0.0170. The number of amides is 1. The van der Waals surface area contributed by atoms with E-state index in [-0.39, 0.29) is 17.8 Å². The molecule has 0 aliphatic carbocycles. The first kappa shape index (κ1) is 23.4. The van der Waals surface area contributed by atoms with Gasteiger partial charge >= 0.3 is 0 Å². The lowest BCUT2D eigenvalue weighted by Gasteiger charge is -2.22. The summed E-state index contributed by atoms with van der Waals surface area (Å²) < 4.78 is 16.6. The number of likely N-dealkylation sites (tertiary alicyclic amines) is 1. The van der Waals surface area contributed by atoms with Crippen molar-refractivity contribution in [3.8, 4) is 0 Å². The predicted molar refractivity (Wildman–Crippen MR) is 131 cm³/mol. The molecule has 1 fully saturated rings. The Kier molecular flexibility index (Phi) is 7.43. The average Bonchev–Trinajstić information content (AvgIpc) is 3.42. The number of nitrogens with zero attached hydrogens (tertiary/aromatic N) is 3. The minimum Gasteiger partial charge on any atom is -0.353 e. The Morgan fingerprint density at radius 1 is 1.15 bits per heavy atom. The molecular formula is C27H35FN4O. The first-order chi connectivity index (χ1) is 16.0. The molecule has 2 heterocycles. The first-order valence-electron chi connectivity index (χ1n) is 12.2. The molecule has 2 aromatic carbocycles. The maximum absolute atomic E-state index is 14.5. The third-order valence-electron chi connectivity index (χ3n) is 6.79. The summed E-state index contributed by atoms with van der Waals surface area (Å²) in [5, 5.41) is 3.17. The topological polar surface area (TPSA) is 50.2 Å². The maximum Gasteiger partial charge on any atom is 0.243 e. The molecule has 6 heteroatoms. The van der Waals surface area contributed by atoms with E-state index in [1.165, 1.54) is 18.9 Å². The van der Waals surface area contributed by atoms with Crippen LogP contribution in [0.5, 0.6) is 0 Å². The van der Waals surface area contributed by atoms with E-state index in [0.29, 0.717) is 24.9 Å². The van der Waals surface area contributed by atoms with Crippen molar-refractivity contribution in [3.05, 3.63) is 64.7 Å². The van der Waals surface area contributed by atoms with E-state index in [2.05, 4.69) is 47.7 Å². The highest BCUT2D eigenvalue weighted by Gasteiger charge is 2.26. The van der Waals surface area contributed by atoms with Crippen molar-refractivity contribution in [1.82, 2.24) is 19.8 Å². The van der Waals surface area contributed by atoms with Gasteiger partial charge in [0, 0.05) is 19.5 Å². The van der Waals surface area contributed by atoms with E-state index >= 15 is 0 Å². The molecule has 1 atom stereocenters. The molecule has 4 rings (SSSR count). The number of carbonyl (C=O) groups is 1. The fourth-order valence-electron chi connectivity index (χ4n) is 4.80. The van der Waals surface area contributed by atoms with Gasteiger partial charge in [0.05, 0.1) is 11.0 Å². The summed E-state index contributed by atoms with van der Waals surface area (Å²) in [6, 6.07) is 10.6. The van der Waals surface area contributed by atoms with Crippen LogP contribution in [0.3, 0.4) is 0 Å². The van der Waals surface area contributed by atoms with Crippen LogP contribution >= 0.6 is 0 Å². The standard InChI is InChI=1S/C27H35FN4O/c1-4-9-24(27(33)29-12-15-31-13-7-8-14-31)32-25-17-20(3)19(2)16-23(25)30-26(32)18-21-10-5-6-11-22(21)28/h5-6,10-11,16-17,24H,4,7-9,12-15,18H2,1-3H3,(H,29,33)/t24-/m0/s1. The van der Waals surface area contributed by atoms with Crippen molar-refractivity contribution in [3.63, 3.8) is 0 Å². The second-order valence-electron chi connectivity index (χ2n) is 9.24. The lowest BCUT2D eigenvalue weighted by Crippen LogP contribution is -2.38. The van der Waals surface area contributed by atoms with Gasteiger partial charge in [-0.15, -0.1) is 0 Å². The SMILES string of the molecule is CCC[C@@H](C(=O)NCCN1CCCC1)n1c(Cc2ccccc2F)nc2cc(C)c(C)cc21. The molecule has 1 aromatic heterocycles. The Morgan fingerprint density at radius 3 is 2.61 bits per heavy atom. The smallest absolute Gasteiger partial charge is 0.243 e. The third kappa shape index (κ3) is 5.27. The van der Waals surface area contributed by atoms with Crippen molar-refractivity contribution in [2.75, 3.05) is 26.2 Å². The zero-order chi connectivity index (χ0) is 23.4. The zero-order valence-electron chi connectivity index (χ0n) is 20.0. The number of aromatic nitrogens is 2. The number of nitrogens with one attached hydrogen (secondary N) is 1. The van der Waals surface area contributed by atoms with Gasteiger partial charge in [-0.1, -0.05) is 31.5 Å². The number of hydrogen-bond acceptors (Lipinski definition) is 3. The number of rotatable bonds is 9. The highest BCUT2D eigenvalue weighted by molar-refractivity contribution is 5.85. The molecule has 1 aliphatic rings. The van der Waals surface area contributed by atoms with Crippen molar-refractivity contribution >= 4 is 16.9 Å². The summed E-state index contributed by atoms with van der Waals surface area (Å²) in [6.07, 6.45) is 4.41. The molecule has 0 saturated carbocycles. The van der Waals surface area contributed by atoms with Crippen molar-refractivity contribution in [2.45, 2.75) is 58.9 Å². The molecule has 176 valence electrons. The number of benzene rings is 2. The Morgan fingerprint density at radius 2 is 1.88 bits per heavy atom. The van der Waals surface area contributed by atoms with E-state index < -0.39 is 0 Å². The fourth-order valence-corrected chi connectivity index (χ4v) is 4.80. The molecule has 1 N–H and O–H groups in total. The number of carbonyl (C=O) groups excluding carboxylic acids is 1. The number of imidazole rings is 1. The molecular weight excluding hydrogens is 415 g/mol. The van der Waals surface area contributed by atoms with Crippen LogP contribution in [0.2, 0.25) is 0 Å². The molecule has 1 aliphatic heterocycles. The van der Waals surface area contributed by atoms with Gasteiger partial charge < -0.3 is 14.8 Å². The van der Waals surface area contributed by atoms with Gasteiger partial charge in [0.25, 0.3) is 0 Å². The van der Waals surface area contributed by atoms with Gasteiger partial charge in [0.1, 0.15) is 17.7 Å². The fraction of sp³-hybridized carbons (Fsp3) is 0.481. The van der Waals surface area contributed by atoms with Gasteiger partial charge in [0.2, 0.25) is 5.91 Å². The van der Waals surface area contributed by atoms with Crippen LogP contribution in [-0.2, 0) is 11.2 Å². The molecule has 0 bridgehead atoms. The lowest BCUT2D eigenvalue weighted by atomic mass is 10.1. The van der Waals surface area contributed by atoms with Crippen molar-refractivity contribution in [2.24, 2.45) is 0 Å². The first-order valence-corrected chi connectivity index (χ1v) is 12.2. The molecule has 5 nitrogen and oxygen atoms in total. The number of hydrogen-bond donors (Lipinski definition) is 1. The summed E-state index contributed by atoms with van der Waals surface area (Å²) in [4.78, 5) is 20.7. The van der Waals surface area contributed by atoms with Gasteiger partial charge in [-0.3, -0.25) is 4.79 Å².